The molecule has 6 amide bonds. The molecule has 0 saturated heterocycles. The fourth-order valence-electron chi connectivity index (χ4n) is 3.26. The molecule has 0 unspecified atom stereocenters. The van der Waals surface area contributed by atoms with E-state index in [1.54, 1.807) is 36.4 Å². The van der Waals surface area contributed by atoms with Gasteiger partial charge in [0.2, 0.25) is 23.7 Å². The zero-order valence-electron chi connectivity index (χ0n) is 19.4. The smallest absolute Gasteiger partial charge is 0.321 e. The van der Waals surface area contributed by atoms with Gasteiger partial charge in [0.05, 0.1) is 22.1 Å². The molecular weight excluding hydrogens is 484 g/mol. The van der Waals surface area contributed by atoms with Gasteiger partial charge in [-0.15, -0.1) is 0 Å². The lowest BCUT2D eigenvalue weighted by molar-refractivity contribution is -0.118. The quantitative estimate of drug-likeness (QED) is 0.156. The lowest BCUT2D eigenvalue weighted by Crippen LogP contribution is -2.32. The predicted molar refractivity (Wildman–Crippen MR) is 134 cm³/mol. The molecular formula is C22H24N10O5. The van der Waals surface area contributed by atoms with Gasteiger partial charge in [0.1, 0.15) is 11.5 Å². The minimum atomic E-state index is -0.526. The van der Waals surface area contributed by atoms with Gasteiger partial charge in [0.25, 0.3) is 0 Å². The summed E-state index contributed by atoms with van der Waals surface area (Å²) in [6.45, 7) is 0.226. The third kappa shape index (κ3) is 6.84. The van der Waals surface area contributed by atoms with Crippen molar-refractivity contribution in [3.05, 3.63) is 36.4 Å². The number of fused-ring (bicyclic) bond motifs is 2. The standard InChI is InChI=1S/C22H24N10O5/c23-17(33)5-7-25-21(35)31-19-27-13-3-1-11(9-15(13)29-19)37-12-2-4-14-16(10-12)30-20(28-14)32-22(36)26-8-6-18(24)34/h1-4,9-10H,5-8H2,(H2,23,33)(H2,24,34)(H3,25,27,29,31,35)(H3,26,28,30,32,36). The number of H-pyrrole nitrogens is 2. The number of rotatable bonds is 10. The molecule has 4 rings (SSSR count). The normalized spacial score (nSPS) is 10.7. The van der Waals surface area contributed by atoms with Crippen molar-refractivity contribution >= 4 is 57.8 Å². The molecule has 4 aromatic rings. The van der Waals surface area contributed by atoms with Crippen LogP contribution in [0.3, 0.4) is 0 Å². The summed E-state index contributed by atoms with van der Waals surface area (Å²) < 4.78 is 5.94. The largest absolute Gasteiger partial charge is 0.457 e. The molecule has 2 heterocycles. The topological polar surface area (TPSA) is 235 Å². The molecule has 0 fully saturated rings. The number of nitrogens with one attached hydrogen (secondary N) is 6. The molecule has 15 heteroatoms. The highest BCUT2D eigenvalue weighted by Crippen LogP contribution is 2.28. The fraction of sp³-hybridized carbons (Fsp3) is 0.182. The average molecular weight is 508 g/mol. The molecule has 0 aliphatic rings. The molecule has 0 aliphatic carbocycles. The van der Waals surface area contributed by atoms with Gasteiger partial charge < -0.3 is 36.8 Å². The van der Waals surface area contributed by atoms with Crippen molar-refractivity contribution in [1.82, 2.24) is 30.6 Å². The van der Waals surface area contributed by atoms with E-state index >= 15 is 0 Å². The van der Waals surface area contributed by atoms with Crippen molar-refractivity contribution < 1.29 is 23.9 Å². The Kier molecular flexibility index (Phi) is 7.32. The first-order valence-electron chi connectivity index (χ1n) is 11.1. The van der Waals surface area contributed by atoms with Gasteiger partial charge in [0, 0.05) is 38.1 Å². The Labute approximate surface area is 208 Å². The van der Waals surface area contributed by atoms with E-state index in [-0.39, 0.29) is 37.8 Å². The lowest BCUT2D eigenvalue weighted by Gasteiger charge is -2.05. The number of carbonyl (C=O) groups is 4. The maximum atomic E-state index is 11.9. The molecule has 0 aliphatic heterocycles. The Bertz CT molecular complexity index is 1370. The van der Waals surface area contributed by atoms with E-state index in [0.717, 1.165) is 0 Å². The van der Waals surface area contributed by atoms with Crippen molar-refractivity contribution in [2.45, 2.75) is 12.8 Å². The number of hydrogen-bond acceptors (Lipinski definition) is 7. The van der Waals surface area contributed by atoms with Crippen LogP contribution < -0.4 is 37.5 Å². The van der Waals surface area contributed by atoms with E-state index in [0.29, 0.717) is 33.6 Å². The summed E-state index contributed by atoms with van der Waals surface area (Å²) in [4.78, 5) is 59.9. The maximum Gasteiger partial charge on any atom is 0.321 e. The van der Waals surface area contributed by atoms with Crippen LogP contribution in [0.25, 0.3) is 22.1 Å². The number of imidazole rings is 2. The Balaban J connectivity index is 1.38. The summed E-state index contributed by atoms with van der Waals surface area (Å²) >= 11 is 0. The zero-order chi connectivity index (χ0) is 26.4. The molecule has 0 radical (unpaired) electrons. The van der Waals surface area contributed by atoms with Gasteiger partial charge in [-0.3, -0.25) is 20.2 Å². The zero-order valence-corrected chi connectivity index (χ0v) is 19.4. The average Bonchev–Trinajstić information content (AvgIpc) is 3.40. The number of nitrogens with two attached hydrogens (primary N) is 2. The minimum absolute atomic E-state index is 0.0319. The summed E-state index contributed by atoms with van der Waals surface area (Å²) in [5.74, 6) is 0.449. The van der Waals surface area contributed by atoms with Gasteiger partial charge in [-0.05, 0) is 24.3 Å². The molecule has 0 atom stereocenters. The third-order valence-electron chi connectivity index (χ3n) is 4.92. The molecule has 0 saturated carbocycles. The second-order valence-corrected chi connectivity index (χ2v) is 7.83. The van der Waals surface area contributed by atoms with Crippen LogP contribution in [-0.4, -0.2) is 56.9 Å². The van der Waals surface area contributed by atoms with Crippen molar-refractivity contribution in [3.63, 3.8) is 0 Å². The minimum Gasteiger partial charge on any atom is -0.457 e. The number of aromatic nitrogens is 4. The molecule has 2 aromatic heterocycles. The first-order chi connectivity index (χ1) is 17.7. The Morgan fingerprint density at radius 3 is 1.57 bits per heavy atom. The van der Waals surface area contributed by atoms with Crippen LogP contribution in [0.5, 0.6) is 11.5 Å². The highest BCUT2D eigenvalue weighted by molar-refractivity contribution is 5.91. The number of hydrogen-bond donors (Lipinski definition) is 8. The van der Waals surface area contributed by atoms with Crippen molar-refractivity contribution in [3.8, 4) is 11.5 Å². The number of nitrogens with zero attached hydrogens (tertiary/aromatic N) is 2. The van der Waals surface area contributed by atoms with E-state index in [9.17, 15) is 19.2 Å². The molecule has 0 bridgehead atoms. The van der Waals surface area contributed by atoms with Gasteiger partial charge in [-0.1, -0.05) is 0 Å². The van der Waals surface area contributed by atoms with Crippen molar-refractivity contribution in [2.24, 2.45) is 11.5 Å². The predicted octanol–water partition coefficient (Wildman–Crippen LogP) is 1.23. The summed E-state index contributed by atoms with van der Waals surface area (Å²) in [5, 5.41) is 10.1. The van der Waals surface area contributed by atoms with E-state index in [1.165, 1.54) is 0 Å². The number of amides is 6. The van der Waals surface area contributed by atoms with Gasteiger partial charge in [0.15, 0.2) is 0 Å². The van der Waals surface area contributed by atoms with E-state index in [1.807, 2.05) is 0 Å². The summed E-state index contributed by atoms with van der Waals surface area (Å²) in [6.07, 6.45) is 0.0638. The van der Waals surface area contributed by atoms with E-state index < -0.39 is 23.9 Å². The number of primary amides is 2. The number of ether oxygens (including phenoxy) is 1. The van der Waals surface area contributed by atoms with Crippen LogP contribution in [0, 0.1) is 0 Å². The highest BCUT2D eigenvalue weighted by atomic mass is 16.5. The van der Waals surface area contributed by atoms with Crippen LogP contribution >= 0.6 is 0 Å². The Morgan fingerprint density at radius 2 is 1.16 bits per heavy atom. The first kappa shape index (κ1) is 24.8. The molecule has 37 heavy (non-hydrogen) atoms. The number of anilines is 2. The molecule has 192 valence electrons. The molecule has 2 aromatic carbocycles. The second-order valence-electron chi connectivity index (χ2n) is 7.83. The Hall–Kier alpha value is -5.34. The van der Waals surface area contributed by atoms with Crippen LogP contribution in [0.2, 0.25) is 0 Å². The summed E-state index contributed by atoms with van der Waals surface area (Å²) in [5.41, 5.74) is 12.6. The SMILES string of the molecule is NC(=O)CCNC(=O)Nc1nc2ccc(Oc3ccc4nc(NC(=O)NCCC(N)=O)[nH]c4c3)cc2[nH]1. The van der Waals surface area contributed by atoms with Crippen LogP contribution in [0.1, 0.15) is 12.8 Å². The lowest BCUT2D eigenvalue weighted by atomic mass is 10.3. The van der Waals surface area contributed by atoms with Crippen LogP contribution in [-0.2, 0) is 9.59 Å². The fourth-order valence-corrected chi connectivity index (χ4v) is 3.26. The number of aromatic amines is 2. The van der Waals surface area contributed by atoms with Gasteiger partial charge in [-0.2, -0.15) is 0 Å². The third-order valence-corrected chi connectivity index (χ3v) is 4.92. The Morgan fingerprint density at radius 1 is 0.730 bits per heavy atom. The maximum absolute atomic E-state index is 11.9. The molecule has 0 spiro atoms. The molecule has 10 N–H and O–H groups in total. The summed E-state index contributed by atoms with van der Waals surface area (Å²) in [6, 6.07) is 9.29. The van der Waals surface area contributed by atoms with Gasteiger partial charge >= 0.3 is 12.1 Å². The van der Waals surface area contributed by atoms with Crippen molar-refractivity contribution in [2.75, 3.05) is 23.7 Å². The number of benzene rings is 2. The molecule has 15 nitrogen and oxygen atoms in total. The second kappa shape index (κ2) is 10.9. The number of carbonyl (C=O) groups excluding carboxylic acids is 4. The number of urea groups is 2. The summed E-state index contributed by atoms with van der Waals surface area (Å²) in [7, 11) is 0. The van der Waals surface area contributed by atoms with E-state index in [4.69, 9.17) is 16.2 Å². The van der Waals surface area contributed by atoms with E-state index in [2.05, 4.69) is 41.2 Å². The van der Waals surface area contributed by atoms with Crippen molar-refractivity contribution in [1.29, 1.82) is 0 Å². The van der Waals surface area contributed by atoms with Crippen LogP contribution in [0.15, 0.2) is 36.4 Å². The highest BCUT2D eigenvalue weighted by Gasteiger charge is 2.11. The van der Waals surface area contributed by atoms with Crippen LogP contribution in [0.4, 0.5) is 21.5 Å². The van der Waals surface area contributed by atoms with Gasteiger partial charge in [-0.25, -0.2) is 19.6 Å². The first-order valence-corrected chi connectivity index (χ1v) is 11.1. The monoisotopic (exact) mass is 508 g/mol.